The van der Waals surface area contributed by atoms with Crippen molar-refractivity contribution in [1.82, 2.24) is 4.98 Å². The van der Waals surface area contributed by atoms with Crippen molar-refractivity contribution in [1.29, 1.82) is 0 Å². The lowest BCUT2D eigenvalue weighted by Crippen LogP contribution is -1.97. The van der Waals surface area contributed by atoms with Gasteiger partial charge in [-0.15, -0.1) is 0 Å². The van der Waals surface area contributed by atoms with Crippen LogP contribution in [0, 0.1) is 13.8 Å². The van der Waals surface area contributed by atoms with Crippen LogP contribution in [0.25, 0.3) is 0 Å². The summed E-state index contributed by atoms with van der Waals surface area (Å²) in [6.45, 7) is 4.11. The minimum absolute atomic E-state index is 0.597. The van der Waals surface area contributed by atoms with Gasteiger partial charge in [0.25, 0.3) is 0 Å². The molecule has 88 valence electrons. The van der Waals surface area contributed by atoms with Crippen LogP contribution in [0.4, 0.5) is 11.5 Å². The molecule has 0 aliphatic rings. The van der Waals surface area contributed by atoms with E-state index in [1.54, 1.807) is 6.20 Å². The van der Waals surface area contributed by atoms with Crippen LogP contribution in [0.3, 0.4) is 0 Å². The van der Waals surface area contributed by atoms with Gasteiger partial charge in [0.2, 0.25) is 0 Å². The van der Waals surface area contributed by atoms with Gasteiger partial charge in [0.15, 0.2) is 0 Å². The largest absolute Gasteiger partial charge is 0.339 e. The SMILES string of the molecule is Cc1ccc(C)c(Nc2ncc(Br)cc2Cl)c1. The minimum atomic E-state index is 0.597. The molecule has 1 heterocycles. The first-order valence-corrected chi connectivity index (χ1v) is 6.38. The number of aromatic nitrogens is 1. The molecule has 0 spiro atoms. The molecule has 0 amide bonds. The predicted octanol–water partition coefficient (Wildman–Crippen LogP) is 4.86. The molecule has 1 aromatic heterocycles. The van der Waals surface area contributed by atoms with Crippen molar-refractivity contribution in [3.8, 4) is 0 Å². The van der Waals surface area contributed by atoms with E-state index in [0.717, 1.165) is 15.7 Å². The molecule has 4 heteroatoms. The highest BCUT2D eigenvalue weighted by Gasteiger charge is 2.05. The first-order chi connectivity index (χ1) is 8.06. The molecule has 0 saturated heterocycles. The van der Waals surface area contributed by atoms with E-state index in [1.165, 1.54) is 5.56 Å². The van der Waals surface area contributed by atoms with Crippen molar-refractivity contribution in [2.24, 2.45) is 0 Å². The van der Waals surface area contributed by atoms with Gasteiger partial charge in [-0.25, -0.2) is 4.98 Å². The van der Waals surface area contributed by atoms with E-state index in [1.807, 2.05) is 6.07 Å². The van der Waals surface area contributed by atoms with Crippen molar-refractivity contribution in [3.63, 3.8) is 0 Å². The molecular weight excluding hydrogens is 300 g/mol. The van der Waals surface area contributed by atoms with Crippen molar-refractivity contribution in [3.05, 3.63) is 51.1 Å². The molecule has 0 aliphatic heterocycles. The van der Waals surface area contributed by atoms with Gasteiger partial charge in [0, 0.05) is 16.4 Å². The van der Waals surface area contributed by atoms with E-state index in [-0.39, 0.29) is 0 Å². The molecule has 2 rings (SSSR count). The van der Waals surface area contributed by atoms with Crippen LogP contribution in [0.2, 0.25) is 5.02 Å². The number of benzene rings is 1. The summed E-state index contributed by atoms with van der Waals surface area (Å²) in [5.41, 5.74) is 3.39. The van der Waals surface area contributed by atoms with Crippen LogP contribution >= 0.6 is 27.5 Å². The lowest BCUT2D eigenvalue weighted by Gasteiger charge is -2.11. The summed E-state index contributed by atoms with van der Waals surface area (Å²) in [6, 6.07) is 8.05. The number of halogens is 2. The van der Waals surface area contributed by atoms with Crippen LogP contribution in [0.15, 0.2) is 34.9 Å². The van der Waals surface area contributed by atoms with Crippen LogP contribution in [0.5, 0.6) is 0 Å². The second-order valence-electron chi connectivity index (χ2n) is 3.93. The quantitative estimate of drug-likeness (QED) is 0.857. The van der Waals surface area contributed by atoms with Gasteiger partial charge in [-0.3, -0.25) is 0 Å². The Balaban J connectivity index is 2.34. The van der Waals surface area contributed by atoms with Crippen LogP contribution in [-0.2, 0) is 0 Å². The number of hydrogen-bond acceptors (Lipinski definition) is 2. The number of nitrogens with one attached hydrogen (secondary N) is 1. The topological polar surface area (TPSA) is 24.9 Å². The number of hydrogen-bond donors (Lipinski definition) is 1. The minimum Gasteiger partial charge on any atom is -0.339 e. The summed E-state index contributed by atoms with van der Waals surface area (Å²) in [6.07, 6.45) is 1.72. The molecule has 1 aromatic carbocycles. The third-order valence-corrected chi connectivity index (χ3v) is 3.18. The summed E-state index contributed by atoms with van der Waals surface area (Å²) >= 11 is 9.45. The highest BCUT2D eigenvalue weighted by molar-refractivity contribution is 9.10. The zero-order valence-corrected chi connectivity index (χ0v) is 11.9. The summed E-state index contributed by atoms with van der Waals surface area (Å²) in [4.78, 5) is 4.25. The Morgan fingerprint density at radius 1 is 1.24 bits per heavy atom. The zero-order valence-electron chi connectivity index (χ0n) is 9.59. The summed E-state index contributed by atoms with van der Waals surface area (Å²) in [5.74, 6) is 0.670. The number of rotatable bonds is 2. The van der Waals surface area contributed by atoms with Crippen molar-refractivity contribution in [2.75, 3.05) is 5.32 Å². The third-order valence-electron chi connectivity index (χ3n) is 2.45. The molecule has 0 unspecified atom stereocenters. The molecule has 0 bridgehead atoms. The maximum absolute atomic E-state index is 6.12. The fourth-order valence-electron chi connectivity index (χ4n) is 1.50. The van der Waals surface area contributed by atoms with Gasteiger partial charge in [-0.05, 0) is 53.0 Å². The van der Waals surface area contributed by atoms with Crippen molar-refractivity contribution < 1.29 is 0 Å². The highest BCUT2D eigenvalue weighted by Crippen LogP contribution is 2.27. The Bertz CT molecular complexity index is 555. The fraction of sp³-hybridized carbons (Fsp3) is 0.154. The average Bonchev–Trinajstić information content (AvgIpc) is 2.27. The van der Waals surface area contributed by atoms with Crippen LogP contribution in [-0.4, -0.2) is 4.98 Å². The van der Waals surface area contributed by atoms with Gasteiger partial charge in [-0.2, -0.15) is 0 Å². The standard InChI is InChI=1S/C13H12BrClN2/c1-8-3-4-9(2)12(5-8)17-13-11(15)6-10(14)7-16-13/h3-7H,1-2H3,(H,16,17). The second-order valence-corrected chi connectivity index (χ2v) is 5.25. The predicted molar refractivity (Wildman–Crippen MR) is 76.1 cm³/mol. The maximum Gasteiger partial charge on any atom is 0.149 e. The molecule has 1 N–H and O–H groups in total. The van der Waals surface area contributed by atoms with E-state index in [4.69, 9.17) is 11.6 Å². The maximum atomic E-state index is 6.12. The van der Waals surface area contributed by atoms with Gasteiger partial charge in [0.1, 0.15) is 5.82 Å². The molecule has 2 aromatic rings. The first kappa shape index (κ1) is 12.4. The Labute approximate surface area is 114 Å². The lowest BCUT2D eigenvalue weighted by molar-refractivity contribution is 1.28. The van der Waals surface area contributed by atoms with Crippen molar-refractivity contribution in [2.45, 2.75) is 13.8 Å². The Kier molecular flexibility index (Phi) is 3.69. The number of nitrogens with zero attached hydrogens (tertiary/aromatic N) is 1. The molecule has 0 radical (unpaired) electrons. The third kappa shape index (κ3) is 2.99. The van der Waals surface area contributed by atoms with E-state index >= 15 is 0 Å². The molecule has 0 aliphatic carbocycles. The molecular formula is C13H12BrClN2. The number of anilines is 2. The molecule has 2 nitrogen and oxygen atoms in total. The van der Waals surface area contributed by atoms with E-state index < -0.39 is 0 Å². The monoisotopic (exact) mass is 310 g/mol. The molecule has 0 fully saturated rings. The summed E-state index contributed by atoms with van der Waals surface area (Å²) in [7, 11) is 0. The van der Waals surface area contributed by atoms with Gasteiger partial charge in [-0.1, -0.05) is 23.7 Å². The van der Waals surface area contributed by atoms with Crippen LogP contribution in [0.1, 0.15) is 11.1 Å². The normalized spacial score (nSPS) is 10.4. The molecule has 17 heavy (non-hydrogen) atoms. The van der Waals surface area contributed by atoms with Gasteiger partial charge < -0.3 is 5.32 Å². The second kappa shape index (κ2) is 5.07. The zero-order chi connectivity index (χ0) is 12.4. The van der Waals surface area contributed by atoms with Crippen molar-refractivity contribution >= 4 is 39.0 Å². The first-order valence-electron chi connectivity index (χ1n) is 5.21. The van der Waals surface area contributed by atoms with Gasteiger partial charge >= 0.3 is 0 Å². The smallest absolute Gasteiger partial charge is 0.149 e. The van der Waals surface area contributed by atoms with E-state index in [0.29, 0.717) is 10.8 Å². The summed E-state index contributed by atoms with van der Waals surface area (Å²) in [5, 5.41) is 3.84. The number of aryl methyl sites for hydroxylation is 2. The Morgan fingerprint density at radius 2 is 2.00 bits per heavy atom. The van der Waals surface area contributed by atoms with E-state index in [9.17, 15) is 0 Å². The number of pyridine rings is 1. The lowest BCUT2D eigenvalue weighted by atomic mass is 10.1. The fourth-order valence-corrected chi connectivity index (χ4v) is 2.18. The summed E-state index contributed by atoms with van der Waals surface area (Å²) < 4.78 is 0.869. The molecule has 0 atom stereocenters. The molecule has 0 saturated carbocycles. The Morgan fingerprint density at radius 3 is 2.71 bits per heavy atom. The highest BCUT2D eigenvalue weighted by atomic mass is 79.9. The van der Waals surface area contributed by atoms with E-state index in [2.05, 4.69) is 58.3 Å². The van der Waals surface area contributed by atoms with Crippen LogP contribution < -0.4 is 5.32 Å². The average molecular weight is 312 g/mol. The van der Waals surface area contributed by atoms with Gasteiger partial charge in [0.05, 0.1) is 5.02 Å². The Hall–Kier alpha value is -1.06.